The number of benzene rings is 1. The van der Waals surface area contributed by atoms with E-state index in [0.29, 0.717) is 5.69 Å². The molecular weight excluding hydrogens is 320 g/mol. The number of hydrogen-bond donors (Lipinski definition) is 1. The highest BCUT2D eigenvalue weighted by Gasteiger charge is 2.16. The predicted octanol–water partition coefficient (Wildman–Crippen LogP) is 2.52. The minimum atomic E-state index is -0.423. The minimum absolute atomic E-state index is 0.105. The maximum atomic E-state index is 12.2. The SMILES string of the molecule is CC(=O)Nc1ccc(CC(=O)OCC(=O)N2CCCCCCC2)cc1. The van der Waals surface area contributed by atoms with Crippen LogP contribution in [0.4, 0.5) is 5.69 Å². The summed E-state index contributed by atoms with van der Waals surface area (Å²) in [7, 11) is 0. The molecule has 136 valence electrons. The van der Waals surface area contributed by atoms with Crippen molar-refractivity contribution in [3.8, 4) is 0 Å². The second-order valence-electron chi connectivity index (χ2n) is 6.36. The van der Waals surface area contributed by atoms with Crippen molar-refractivity contribution in [1.29, 1.82) is 0 Å². The Balaban J connectivity index is 1.75. The first-order chi connectivity index (χ1) is 12.0. The number of amides is 2. The average molecular weight is 346 g/mol. The van der Waals surface area contributed by atoms with Crippen LogP contribution in [-0.4, -0.2) is 42.4 Å². The summed E-state index contributed by atoms with van der Waals surface area (Å²) in [5.41, 5.74) is 1.45. The van der Waals surface area contributed by atoms with Crippen LogP contribution in [0.15, 0.2) is 24.3 Å². The summed E-state index contributed by atoms with van der Waals surface area (Å²) in [4.78, 5) is 36.9. The van der Waals surface area contributed by atoms with Gasteiger partial charge in [0.15, 0.2) is 6.61 Å². The van der Waals surface area contributed by atoms with Crippen LogP contribution in [-0.2, 0) is 25.5 Å². The molecule has 0 bridgehead atoms. The van der Waals surface area contributed by atoms with Gasteiger partial charge in [0, 0.05) is 25.7 Å². The lowest BCUT2D eigenvalue weighted by Crippen LogP contribution is -2.37. The molecule has 1 aliphatic heterocycles. The Hall–Kier alpha value is -2.37. The second-order valence-corrected chi connectivity index (χ2v) is 6.36. The molecule has 1 aromatic carbocycles. The fourth-order valence-corrected chi connectivity index (χ4v) is 2.86. The molecule has 25 heavy (non-hydrogen) atoms. The Labute approximate surface area is 148 Å². The third kappa shape index (κ3) is 6.95. The van der Waals surface area contributed by atoms with Gasteiger partial charge in [-0.15, -0.1) is 0 Å². The number of nitrogens with one attached hydrogen (secondary N) is 1. The molecule has 1 N–H and O–H groups in total. The largest absolute Gasteiger partial charge is 0.455 e. The first kappa shape index (κ1) is 19.0. The molecule has 6 nitrogen and oxygen atoms in total. The molecule has 0 aromatic heterocycles. The molecule has 2 amide bonds. The van der Waals surface area contributed by atoms with E-state index < -0.39 is 5.97 Å². The monoisotopic (exact) mass is 346 g/mol. The zero-order valence-electron chi connectivity index (χ0n) is 14.8. The van der Waals surface area contributed by atoms with Gasteiger partial charge in [0.1, 0.15) is 0 Å². The van der Waals surface area contributed by atoms with Gasteiger partial charge < -0.3 is 15.0 Å². The van der Waals surface area contributed by atoms with Crippen LogP contribution < -0.4 is 5.32 Å². The lowest BCUT2D eigenvalue weighted by atomic mass is 10.1. The second kappa shape index (κ2) is 9.81. The Bertz CT molecular complexity index is 590. The summed E-state index contributed by atoms with van der Waals surface area (Å²) in [6, 6.07) is 6.98. The Morgan fingerprint density at radius 3 is 2.20 bits per heavy atom. The van der Waals surface area contributed by atoms with Crippen LogP contribution in [0.5, 0.6) is 0 Å². The van der Waals surface area contributed by atoms with Gasteiger partial charge in [0.05, 0.1) is 6.42 Å². The quantitative estimate of drug-likeness (QED) is 0.831. The number of likely N-dealkylation sites (tertiary alicyclic amines) is 1. The van der Waals surface area contributed by atoms with E-state index in [0.717, 1.165) is 44.3 Å². The van der Waals surface area contributed by atoms with E-state index in [4.69, 9.17) is 4.74 Å². The van der Waals surface area contributed by atoms with Crippen LogP contribution in [0, 0.1) is 0 Å². The number of carbonyl (C=O) groups excluding carboxylic acids is 3. The summed E-state index contributed by atoms with van der Waals surface area (Å²) in [6.45, 7) is 2.75. The van der Waals surface area contributed by atoms with Crippen LogP contribution in [0.3, 0.4) is 0 Å². The highest BCUT2D eigenvalue weighted by molar-refractivity contribution is 5.88. The highest BCUT2D eigenvalue weighted by atomic mass is 16.5. The van der Waals surface area contributed by atoms with E-state index in [-0.39, 0.29) is 24.8 Å². The zero-order valence-corrected chi connectivity index (χ0v) is 14.8. The number of carbonyl (C=O) groups is 3. The van der Waals surface area contributed by atoms with Gasteiger partial charge in [0.2, 0.25) is 5.91 Å². The van der Waals surface area contributed by atoms with Crippen molar-refractivity contribution in [2.45, 2.75) is 45.4 Å². The zero-order chi connectivity index (χ0) is 18.1. The molecule has 2 rings (SSSR count). The molecule has 1 heterocycles. The van der Waals surface area contributed by atoms with Gasteiger partial charge in [0.25, 0.3) is 5.91 Å². The fraction of sp³-hybridized carbons (Fsp3) is 0.526. The van der Waals surface area contributed by atoms with E-state index >= 15 is 0 Å². The van der Waals surface area contributed by atoms with E-state index in [1.165, 1.54) is 13.3 Å². The van der Waals surface area contributed by atoms with Gasteiger partial charge in [-0.05, 0) is 30.5 Å². The summed E-state index contributed by atoms with van der Waals surface area (Å²) in [5, 5.41) is 2.67. The summed E-state index contributed by atoms with van der Waals surface area (Å²) in [6.07, 6.45) is 5.67. The van der Waals surface area contributed by atoms with Crippen molar-refractivity contribution in [3.05, 3.63) is 29.8 Å². The molecule has 0 atom stereocenters. The first-order valence-electron chi connectivity index (χ1n) is 8.84. The van der Waals surface area contributed by atoms with Crippen molar-refractivity contribution in [2.24, 2.45) is 0 Å². The van der Waals surface area contributed by atoms with Crippen molar-refractivity contribution in [1.82, 2.24) is 4.90 Å². The Kier molecular flexibility index (Phi) is 7.44. The molecule has 0 radical (unpaired) electrons. The van der Waals surface area contributed by atoms with Crippen molar-refractivity contribution in [2.75, 3.05) is 25.0 Å². The molecule has 0 aliphatic carbocycles. The number of hydrogen-bond acceptors (Lipinski definition) is 4. The number of esters is 1. The maximum Gasteiger partial charge on any atom is 0.310 e. The van der Waals surface area contributed by atoms with Crippen molar-refractivity contribution >= 4 is 23.5 Å². The standard InChI is InChI=1S/C19H26N2O4/c1-15(22)20-17-9-7-16(8-10-17)13-19(24)25-14-18(23)21-11-5-3-2-4-6-12-21/h7-10H,2-6,11-14H2,1H3,(H,20,22). The average Bonchev–Trinajstić information content (AvgIpc) is 2.54. The Morgan fingerprint density at radius 2 is 1.60 bits per heavy atom. The molecule has 1 saturated heterocycles. The lowest BCUT2D eigenvalue weighted by Gasteiger charge is -2.24. The fourth-order valence-electron chi connectivity index (χ4n) is 2.86. The van der Waals surface area contributed by atoms with Gasteiger partial charge in [-0.25, -0.2) is 0 Å². The minimum Gasteiger partial charge on any atom is -0.455 e. The van der Waals surface area contributed by atoms with Crippen LogP contribution in [0.2, 0.25) is 0 Å². The number of anilines is 1. The van der Waals surface area contributed by atoms with Crippen molar-refractivity contribution < 1.29 is 19.1 Å². The van der Waals surface area contributed by atoms with Gasteiger partial charge in [-0.3, -0.25) is 14.4 Å². The molecule has 0 spiro atoms. The molecule has 0 saturated carbocycles. The van der Waals surface area contributed by atoms with Gasteiger partial charge in [-0.2, -0.15) is 0 Å². The van der Waals surface area contributed by atoms with Gasteiger partial charge >= 0.3 is 5.97 Å². The topological polar surface area (TPSA) is 75.7 Å². The maximum absolute atomic E-state index is 12.2. The van der Waals surface area contributed by atoms with E-state index in [9.17, 15) is 14.4 Å². The summed E-state index contributed by atoms with van der Waals surface area (Å²) < 4.78 is 5.13. The normalized spacial score (nSPS) is 15.0. The van der Waals surface area contributed by atoms with E-state index in [1.54, 1.807) is 29.2 Å². The molecule has 1 fully saturated rings. The summed E-state index contributed by atoms with van der Waals surface area (Å²) in [5.74, 6) is -0.682. The molecule has 1 aliphatic rings. The molecule has 1 aromatic rings. The smallest absolute Gasteiger partial charge is 0.310 e. The van der Waals surface area contributed by atoms with Gasteiger partial charge in [-0.1, -0.05) is 31.4 Å². The lowest BCUT2D eigenvalue weighted by molar-refractivity contribution is -0.151. The Morgan fingerprint density at radius 1 is 1.00 bits per heavy atom. The van der Waals surface area contributed by atoms with E-state index in [2.05, 4.69) is 5.32 Å². The van der Waals surface area contributed by atoms with Crippen molar-refractivity contribution in [3.63, 3.8) is 0 Å². The predicted molar refractivity (Wildman–Crippen MR) is 95.1 cm³/mol. The number of nitrogens with zero attached hydrogens (tertiary/aromatic N) is 1. The third-order valence-corrected chi connectivity index (χ3v) is 4.19. The highest BCUT2D eigenvalue weighted by Crippen LogP contribution is 2.12. The van der Waals surface area contributed by atoms with Crippen LogP contribution in [0.25, 0.3) is 0 Å². The first-order valence-corrected chi connectivity index (χ1v) is 8.84. The van der Waals surface area contributed by atoms with E-state index in [1.807, 2.05) is 0 Å². The molecule has 0 unspecified atom stereocenters. The van der Waals surface area contributed by atoms with Crippen LogP contribution in [0.1, 0.15) is 44.6 Å². The summed E-state index contributed by atoms with van der Waals surface area (Å²) >= 11 is 0. The number of ether oxygens (including phenoxy) is 1. The number of rotatable bonds is 5. The molecular formula is C19H26N2O4. The third-order valence-electron chi connectivity index (χ3n) is 4.19. The molecule has 6 heteroatoms. The van der Waals surface area contributed by atoms with Crippen LogP contribution >= 0.6 is 0 Å².